The maximum Gasteiger partial charge on any atom is 0.0716 e. The summed E-state index contributed by atoms with van der Waals surface area (Å²) in [6.45, 7) is 5.38. The molecule has 0 aromatic carbocycles. The van der Waals surface area contributed by atoms with Crippen molar-refractivity contribution in [2.24, 2.45) is 5.92 Å². The van der Waals surface area contributed by atoms with E-state index in [1.165, 1.54) is 11.1 Å². The molecule has 0 bridgehead atoms. The molecule has 2 atom stereocenters. The van der Waals surface area contributed by atoms with Crippen LogP contribution in [-0.2, 0) is 6.54 Å². The molecule has 2 heterocycles. The quantitative estimate of drug-likeness (QED) is 0.735. The summed E-state index contributed by atoms with van der Waals surface area (Å²) >= 11 is 0. The molecule has 0 spiro atoms. The monoisotopic (exact) mass is 257 g/mol. The molecular formula is C12H20ClN3O. The van der Waals surface area contributed by atoms with Crippen LogP contribution in [-0.4, -0.2) is 35.8 Å². The molecule has 2 unspecified atom stereocenters. The van der Waals surface area contributed by atoms with E-state index in [4.69, 9.17) is 0 Å². The second-order valence-electron chi connectivity index (χ2n) is 4.42. The standard InChI is InChI=1S/C12H19N3O.ClH/c1-9-2-3-13-4-10(9)5-14-6-11-7-15-8-12(11)16;/h2-4,11-12,14-16H,5-8H2,1H3;1H. The number of rotatable bonds is 4. The molecule has 5 heteroatoms. The average molecular weight is 258 g/mol. The first-order valence-electron chi connectivity index (χ1n) is 5.76. The SMILES string of the molecule is Cc1ccncc1CNCC1CNCC1O.Cl. The Hall–Kier alpha value is -0.680. The summed E-state index contributed by atoms with van der Waals surface area (Å²) in [6.07, 6.45) is 3.50. The van der Waals surface area contributed by atoms with Gasteiger partial charge in [0, 0.05) is 44.5 Å². The van der Waals surface area contributed by atoms with Gasteiger partial charge in [-0.15, -0.1) is 12.4 Å². The van der Waals surface area contributed by atoms with Gasteiger partial charge in [0.05, 0.1) is 6.10 Å². The first kappa shape index (κ1) is 14.4. The van der Waals surface area contributed by atoms with Gasteiger partial charge in [0.2, 0.25) is 0 Å². The van der Waals surface area contributed by atoms with Crippen LogP contribution in [0, 0.1) is 12.8 Å². The van der Waals surface area contributed by atoms with Crippen molar-refractivity contribution < 1.29 is 5.11 Å². The maximum atomic E-state index is 9.63. The minimum absolute atomic E-state index is 0. The van der Waals surface area contributed by atoms with Gasteiger partial charge in [-0.1, -0.05) is 0 Å². The molecule has 4 nitrogen and oxygen atoms in total. The Bertz CT molecular complexity index is 348. The molecule has 1 aromatic heterocycles. The van der Waals surface area contributed by atoms with Gasteiger partial charge < -0.3 is 15.7 Å². The summed E-state index contributed by atoms with van der Waals surface area (Å²) in [5, 5.41) is 16.2. The number of nitrogens with zero attached hydrogens (tertiary/aromatic N) is 1. The summed E-state index contributed by atoms with van der Waals surface area (Å²) in [6, 6.07) is 2.02. The molecule has 1 saturated heterocycles. The van der Waals surface area contributed by atoms with E-state index >= 15 is 0 Å². The number of nitrogens with one attached hydrogen (secondary N) is 2. The molecular weight excluding hydrogens is 238 g/mol. The number of halogens is 1. The molecule has 1 aliphatic heterocycles. The topological polar surface area (TPSA) is 57.2 Å². The highest BCUT2D eigenvalue weighted by Gasteiger charge is 2.23. The third-order valence-electron chi connectivity index (χ3n) is 3.17. The Balaban J connectivity index is 0.00000144. The van der Waals surface area contributed by atoms with Gasteiger partial charge in [0.25, 0.3) is 0 Å². The lowest BCUT2D eigenvalue weighted by Crippen LogP contribution is -2.30. The van der Waals surface area contributed by atoms with Crippen LogP contribution >= 0.6 is 12.4 Å². The van der Waals surface area contributed by atoms with Crippen LogP contribution < -0.4 is 10.6 Å². The molecule has 1 aromatic rings. The zero-order valence-electron chi connectivity index (χ0n) is 10.0. The number of aromatic nitrogens is 1. The van der Waals surface area contributed by atoms with Crippen molar-refractivity contribution in [1.29, 1.82) is 0 Å². The molecule has 0 aliphatic carbocycles. The minimum atomic E-state index is -0.206. The van der Waals surface area contributed by atoms with Gasteiger partial charge in [-0.05, 0) is 24.1 Å². The molecule has 2 rings (SSSR count). The molecule has 96 valence electrons. The van der Waals surface area contributed by atoms with Crippen molar-refractivity contribution in [1.82, 2.24) is 15.6 Å². The van der Waals surface area contributed by atoms with E-state index in [2.05, 4.69) is 22.5 Å². The summed E-state index contributed by atoms with van der Waals surface area (Å²) < 4.78 is 0. The Morgan fingerprint density at radius 3 is 3.00 bits per heavy atom. The van der Waals surface area contributed by atoms with Crippen LogP contribution in [0.5, 0.6) is 0 Å². The molecule has 1 fully saturated rings. The van der Waals surface area contributed by atoms with Crippen LogP contribution in [0.3, 0.4) is 0 Å². The number of pyridine rings is 1. The van der Waals surface area contributed by atoms with Crippen molar-refractivity contribution in [3.8, 4) is 0 Å². The predicted octanol–water partition coefficient (Wildman–Crippen LogP) is 0.482. The van der Waals surface area contributed by atoms with E-state index in [0.717, 1.165) is 26.2 Å². The fourth-order valence-electron chi connectivity index (χ4n) is 2.00. The smallest absolute Gasteiger partial charge is 0.0716 e. The summed E-state index contributed by atoms with van der Waals surface area (Å²) in [5.41, 5.74) is 2.48. The maximum absolute atomic E-state index is 9.63. The molecule has 0 amide bonds. The lowest BCUT2D eigenvalue weighted by molar-refractivity contribution is 0.146. The number of aryl methyl sites for hydroxylation is 1. The number of hydrogen-bond donors (Lipinski definition) is 3. The fraction of sp³-hybridized carbons (Fsp3) is 0.583. The zero-order chi connectivity index (χ0) is 11.4. The molecule has 17 heavy (non-hydrogen) atoms. The molecule has 3 N–H and O–H groups in total. The van der Waals surface area contributed by atoms with Crippen molar-refractivity contribution in [2.75, 3.05) is 19.6 Å². The van der Waals surface area contributed by atoms with Gasteiger partial charge in [-0.25, -0.2) is 0 Å². The number of β-amino-alcohol motifs (C(OH)–C–C–N with tert-alkyl or cyclic N) is 1. The summed E-state index contributed by atoms with van der Waals surface area (Å²) in [4.78, 5) is 4.11. The highest BCUT2D eigenvalue weighted by Crippen LogP contribution is 2.08. The van der Waals surface area contributed by atoms with Gasteiger partial charge in [0.1, 0.15) is 0 Å². The molecule has 0 radical (unpaired) electrons. The number of aliphatic hydroxyl groups is 1. The lowest BCUT2D eigenvalue weighted by atomic mass is 10.1. The van der Waals surface area contributed by atoms with Crippen molar-refractivity contribution in [3.63, 3.8) is 0 Å². The zero-order valence-corrected chi connectivity index (χ0v) is 10.8. The fourth-order valence-corrected chi connectivity index (χ4v) is 2.00. The van der Waals surface area contributed by atoms with Crippen LogP contribution in [0.4, 0.5) is 0 Å². The van der Waals surface area contributed by atoms with E-state index < -0.39 is 0 Å². The third-order valence-corrected chi connectivity index (χ3v) is 3.17. The van der Waals surface area contributed by atoms with E-state index in [9.17, 15) is 5.11 Å². The Labute approximate surface area is 108 Å². The number of aliphatic hydroxyl groups excluding tert-OH is 1. The first-order chi connectivity index (χ1) is 7.77. The second kappa shape index (κ2) is 6.91. The lowest BCUT2D eigenvalue weighted by Gasteiger charge is -2.14. The normalized spacial score (nSPS) is 23.4. The van der Waals surface area contributed by atoms with Crippen LogP contribution in [0.1, 0.15) is 11.1 Å². The predicted molar refractivity (Wildman–Crippen MR) is 70.3 cm³/mol. The van der Waals surface area contributed by atoms with E-state index in [-0.39, 0.29) is 18.5 Å². The Morgan fingerprint density at radius 1 is 1.53 bits per heavy atom. The molecule has 1 aliphatic rings. The van der Waals surface area contributed by atoms with Crippen LogP contribution in [0.2, 0.25) is 0 Å². The average Bonchev–Trinajstić information content (AvgIpc) is 2.67. The van der Waals surface area contributed by atoms with Crippen molar-refractivity contribution in [3.05, 3.63) is 29.6 Å². The molecule has 0 saturated carbocycles. The minimum Gasteiger partial charge on any atom is -0.391 e. The van der Waals surface area contributed by atoms with Crippen LogP contribution in [0.15, 0.2) is 18.5 Å². The van der Waals surface area contributed by atoms with Gasteiger partial charge >= 0.3 is 0 Å². The van der Waals surface area contributed by atoms with E-state index in [1.54, 1.807) is 0 Å². The van der Waals surface area contributed by atoms with Crippen LogP contribution in [0.25, 0.3) is 0 Å². The second-order valence-corrected chi connectivity index (χ2v) is 4.42. The summed E-state index contributed by atoms with van der Waals surface area (Å²) in [7, 11) is 0. The third kappa shape index (κ3) is 3.92. The highest BCUT2D eigenvalue weighted by atomic mass is 35.5. The van der Waals surface area contributed by atoms with Crippen molar-refractivity contribution in [2.45, 2.75) is 19.6 Å². The Kier molecular flexibility index (Phi) is 5.85. The van der Waals surface area contributed by atoms with E-state index in [0.29, 0.717) is 5.92 Å². The van der Waals surface area contributed by atoms with E-state index in [1.807, 2.05) is 18.5 Å². The van der Waals surface area contributed by atoms with Gasteiger partial charge in [-0.2, -0.15) is 0 Å². The Morgan fingerprint density at radius 2 is 2.35 bits per heavy atom. The van der Waals surface area contributed by atoms with Gasteiger partial charge in [-0.3, -0.25) is 4.98 Å². The highest BCUT2D eigenvalue weighted by molar-refractivity contribution is 5.85. The number of hydrogen-bond acceptors (Lipinski definition) is 4. The summed E-state index contributed by atoms with van der Waals surface area (Å²) in [5.74, 6) is 0.331. The van der Waals surface area contributed by atoms with Gasteiger partial charge in [0.15, 0.2) is 0 Å². The largest absolute Gasteiger partial charge is 0.391 e. The first-order valence-corrected chi connectivity index (χ1v) is 5.76. The van der Waals surface area contributed by atoms with Crippen molar-refractivity contribution >= 4 is 12.4 Å².